The van der Waals surface area contributed by atoms with Crippen molar-refractivity contribution in [3.63, 3.8) is 0 Å². The molecule has 0 atom stereocenters. The zero-order valence-electron chi connectivity index (χ0n) is 13.2. The van der Waals surface area contributed by atoms with Gasteiger partial charge >= 0.3 is 0 Å². The molecule has 0 saturated heterocycles. The molecule has 1 N–H and O–H groups in total. The normalized spacial score (nSPS) is 9.88. The first-order valence-electron chi connectivity index (χ1n) is 7.34. The second-order valence-electron chi connectivity index (χ2n) is 5.00. The van der Waals surface area contributed by atoms with Gasteiger partial charge in [-0.25, -0.2) is 4.39 Å². The molecule has 2 rings (SSSR count). The molecular formula is C18H17FN2O3. The minimum Gasteiger partial charge on any atom is -0.493 e. The van der Waals surface area contributed by atoms with Gasteiger partial charge in [-0.05, 0) is 36.2 Å². The summed E-state index contributed by atoms with van der Waals surface area (Å²) in [6.07, 6.45) is 0.531. The van der Waals surface area contributed by atoms with Crippen LogP contribution in [-0.2, 0) is 11.2 Å². The Morgan fingerprint density at radius 1 is 1.25 bits per heavy atom. The molecule has 0 saturated carbocycles. The van der Waals surface area contributed by atoms with Crippen LogP contribution in [0.1, 0.15) is 11.1 Å². The highest BCUT2D eigenvalue weighted by atomic mass is 19.1. The van der Waals surface area contributed by atoms with Gasteiger partial charge in [0.25, 0.3) is 5.91 Å². The number of hydrogen-bond donors (Lipinski definition) is 1. The molecule has 1 amide bonds. The Morgan fingerprint density at radius 2 is 2.08 bits per heavy atom. The van der Waals surface area contributed by atoms with Gasteiger partial charge in [0.15, 0.2) is 18.1 Å². The van der Waals surface area contributed by atoms with Crippen LogP contribution in [0, 0.1) is 17.1 Å². The molecule has 0 spiro atoms. The highest BCUT2D eigenvalue weighted by molar-refractivity contribution is 5.77. The Morgan fingerprint density at radius 3 is 2.79 bits per heavy atom. The van der Waals surface area contributed by atoms with Gasteiger partial charge in [-0.3, -0.25) is 4.79 Å². The number of methoxy groups -OCH3 is 1. The monoisotopic (exact) mass is 328 g/mol. The number of hydrogen-bond acceptors (Lipinski definition) is 4. The summed E-state index contributed by atoms with van der Waals surface area (Å²) in [5.74, 6) is 0.186. The van der Waals surface area contributed by atoms with Crippen molar-refractivity contribution in [3.05, 3.63) is 59.4 Å². The number of nitrogens with zero attached hydrogens (tertiary/aromatic N) is 1. The predicted octanol–water partition coefficient (Wildman–Crippen LogP) is 2.44. The van der Waals surface area contributed by atoms with E-state index in [4.69, 9.17) is 14.7 Å². The highest BCUT2D eigenvalue weighted by Gasteiger charge is 2.08. The van der Waals surface area contributed by atoms with Crippen LogP contribution in [0.4, 0.5) is 4.39 Å². The second kappa shape index (κ2) is 8.53. The fourth-order valence-corrected chi connectivity index (χ4v) is 2.09. The van der Waals surface area contributed by atoms with Crippen molar-refractivity contribution in [1.82, 2.24) is 5.32 Å². The first-order valence-corrected chi connectivity index (χ1v) is 7.34. The molecule has 2 aromatic rings. The number of halogens is 1. The van der Waals surface area contributed by atoms with E-state index in [2.05, 4.69) is 5.32 Å². The fraction of sp³-hybridized carbons (Fsp3) is 0.222. The van der Waals surface area contributed by atoms with Gasteiger partial charge in [-0.15, -0.1) is 0 Å². The summed E-state index contributed by atoms with van der Waals surface area (Å²) in [5, 5.41) is 11.5. The Hall–Kier alpha value is -3.07. The number of nitrogens with one attached hydrogen (secondary N) is 1. The highest BCUT2D eigenvalue weighted by Crippen LogP contribution is 2.27. The van der Waals surface area contributed by atoms with E-state index in [1.165, 1.54) is 25.3 Å². The predicted molar refractivity (Wildman–Crippen MR) is 86.3 cm³/mol. The van der Waals surface area contributed by atoms with E-state index >= 15 is 0 Å². The van der Waals surface area contributed by atoms with Gasteiger partial charge in [0.1, 0.15) is 5.82 Å². The van der Waals surface area contributed by atoms with Crippen molar-refractivity contribution in [1.29, 1.82) is 5.26 Å². The number of rotatable bonds is 7. The zero-order chi connectivity index (χ0) is 17.4. The maximum absolute atomic E-state index is 13.0. The van der Waals surface area contributed by atoms with Crippen LogP contribution in [0.2, 0.25) is 0 Å². The quantitative estimate of drug-likeness (QED) is 0.847. The van der Waals surface area contributed by atoms with E-state index in [1.54, 1.807) is 24.3 Å². The van der Waals surface area contributed by atoms with E-state index in [-0.39, 0.29) is 18.3 Å². The third kappa shape index (κ3) is 4.99. The van der Waals surface area contributed by atoms with Crippen molar-refractivity contribution >= 4 is 5.91 Å². The lowest BCUT2D eigenvalue weighted by atomic mass is 10.1. The molecule has 0 aliphatic carbocycles. The number of nitriles is 1. The van der Waals surface area contributed by atoms with Crippen LogP contribution >= 0.6 is 0 Å². The van der Waals surface area contributed by atoms with Crippen LogP contribution in [0.15, 0.2) is 42.5 Å². The summed E-state index contributed by atoms with van der Waals surface area (Å²) >= 11 is 0. The molecule has 0 heterocycles. The number of carbonyl (C=O) groups is 1. The number of amides is 1. The zero-order valence-corrected chi connectivity index (χ0v) is 13.2. The van der Waals surface area contributed by atoms with Crippen molar-refractivity contribution in [2.24, 2.45) is 0 Å². The third-order valence-corrected chi connectivity index (χ3v) is 3.28. The number of carbonyl (C=O) groups excluding carboxylic acids is 1. The molecule has 0 aliphatic rings. The van der Waals surface area contributed by atoms with Crippen LogP contribution in [0.25, 0.3) is 0 Å². The SMILES string of the molecule is COc1cc(C#N)ccc1OCC(=O)NCCc1cccc(F)c1. The van der Waals surface area contributed by atoms with E-state index in [0.717, 1.165) is 5.56 Å². The molecule has 5 nitrogen and oxygen atoms in total. The maximum Gasteiger partial charge on any atom is 0.257 e. The second-order valence-corrected chi connectivity index (χ2v) is 5.00. The molecule has 0 aliphatic heterocycles. The minimum absolute atomic E-state index is 0.175. The Kier molecular flexibility index (Phi) is 6.15. The summed E-state index contributed by atoms with van der Waals surface area (Å²) in [4.78, 5) is 11.8. The minimum atomic E-state index is -0.296. The average molecular weight is 328 g/mol. The van der Waals surface area contributed by atoms with Crippen LogP contribution < -0.4 is 14.8 Å². The van der Waals surface area contributed by atoms with Crippen molar-refractivity contribution in [2.75, 3.05) is 20.3 Å². The van der Waals surface area contributed by atoms with Gasteiger partial charge < -0.3 is 14.8 Å². The van der Waals surface area contributed by atoms with Gasteiger partial charge in [-0.1, -0.05) is 12.1 Å². The standard InChI is InChI=1S/C18H17FN2O3/c1-23-17-10-14(11-20)5-6-16(17)24-12-18(22)21-8-7-13-3-2-4-15(19)9-13/h2-6,9-10H,7-8,12H2,1H3,(H,21,22). The molecule has 124 valence electrons. The Balaban J connectivity index is 1.80. The lowest BCUT2D eigenvalue weighted by Crippen LogP contribution is -2.30. The molecular weight excluding hydrogens is 311 g/mol. The number of benzene rings is 2. The maximum atomic E-state index is 13.0. The van der Waals surface area contributed by atoms with E-state index < -0.39 is 0 Å². The lowest BCUT2D eigenvalue weighted by molar-refractivity contribution is -0.123. The molecule has 24 heavy (non-hydrogen) atoms. The fourth-order valence-electron chi connectivity index (χ4n) is 2.09. The average Bonchev–Trinajstić information content (AvgIpc) is 2.60. The van der Waals surface area contributed by atoms with Crippen molar-refractivity contribution < 1.29 is 18.7 Å². The summed E-state index contributed by atoms with van der Waals surface area (Å²) in [6.45, 7) is 0.210. The van der Waals surface area contributed by atoms with E-state index in [0.29, 0.717) is 30.0 Å². The van der Waals surface area contributed by atoms with Crippen molar-refractivity contribution in [2.45, 2.75) is 6.42 Å². The summed E-state index contributed by atoms with van der Waals surface area (Å²) in [6, 6.07) is 12.9. The Labute approximate surface area is 139 Å². The molecule has 0 bridgehead atoms. The Bertz CT molecular complexity index is 756. The summed E-state index contributed by atoms with van der Waals surface area (Å²) < 4.78 is 23.6. The first kappa shape index (κ1) is 17.3. The third-order valence-electron chi connectivity index (χ3n) is 3.28. The van der Waals surface area contributed by atoms with Crippen LogP contribution in [0.3, 0.4) is 0 Å². The topological polar surface area (TPSA) is 71.3 Å². The molecule has 0 unspecified atom stereocenters. The van der Waals surface area contributed by atoms with Crippen molar-refractivity contribution in [3.8, 4) is 17.6 Å². The largest absolute Gasteiger partial charge is 0.493 e. The van der Waals surface area contributed by atoms with Gasteiger partial charge in [0.2, 0.25) is 0 Å². The molecule has 2 aromatic carbocycles. The first-order chi connectivity index (χ1) is 11.6. The van der Waals surface area contributed by atoms with Gasteiger partial charge in [-0.2, -0.15) is 5.26 Å². The number of ether oxygens (including phenoxy) is 2. The molecule has 0 fully saturated rings. The molecule has 6 heteroatoms. The summed E-state index contributed by atoms with van der Waals surface area (Å²) in [5.41, 5.74) is 1.25. The summed E-state index contributed by atoms with van der Waals surface area (Å²) in [7, 11) is 1.46. The molecule has 0 aromatic heterocycles. The van der Waals surface area contributed by atoms with E-state index in [9.17, 15) is 9.18 Å². The lowest BCUT2D eigenvalue weighted by Gasteiger charge is -2.11. The van der Waals surface area contributed by atoms with Gasteiger partial charge in [0.05, 0.1) is 18.7 Å². The van der Waals surface area contributed by atoms with Gasteiger partial charge in [0, 0.05) is 12.6 Å². The molecule has 0 radical (unpaired) electrons. The van der Waals surface area contributed by atoms with E-state index in [1.807, 2.05) is 6.07 Å². The van der Waals surface area contributed by atoms with Crippen LogP contribution in [0.5, 0.6) is 11.5 Å². The smallest absolute Gasteiger partial charge is 0.257 e. The van der Waals surface area contributed by atoms with Crippen LogP contribution in [-0.4, -0.2) is 26.2 Å².